The molecule has 3 nitrogen and oxygen atoms in total. The summed E-state index contributed by atoms with van der Waals surface area (Å²) >= 11 is 0. The van der Waals surface area contributed by atoms with Crippen molar-refractivity contribution in [3.05, 3.63) is 0 Å². The third-order valence-corrected chi connectivity index (χ3v) is 3.02. The Bertz CT molecular complexity index is 193. The minimum absolute atomic E-state index is 0.105. The smallest absolute Gasteiger partial charge is 0.226 e. The van der Waals surface area contributed by atoms with E-state index in [-0.39, 0.29) is 11.3 Å². The quantitative estimate of drug-likeness (QED) is 0.698. The van der Waals surface area contributed by atoms with E-state index in [0.717, 1.165) is 19.4 Å². The fourth-order valence-corrected chi connectivity index (χ4v) is 2.01. The van der Waals surface area contributed by atoms with Crippen molar-refractivity contribution < 1.29 is 9.53 Å². The molecule has 0 saturated heterocycles. The lowest BCUT2D eigenvalue weighted by atomic mass is 9.99. The van der Waals surface area contributed by atoms with Crippen LogP contribution in [0.5, 0.6) is 0 Å². The Morgan fingerprint density at radius 3 is 2.77 bits per heavy atom. The monoisotopic (exact) mass is 185 g/mol. The zero-order valence-electron chi connectivity index (χ0n) is 8.72. The molecular formula is C10H19NO2. The predicted octanol–water partition coefficient (Wildman–Crippen LogP) is 1.19. The first-order valence-corrected chi connectivity index (χ1v) is 4.98. The van der Waals surface area contributed by atoms with E-state index < -0.39 is 0 Å². The maximum Gasteiger partial charge on any atom is 0.226 e. The van der Waals surface area contributed by atoms with Gasteiger partial charge < -0.3 is 10.1 Å². The van der Waals surface area contributed by atoms with Gasteiger partial charge in [0.2, 0.25) is 5.91 Å². The Hall–Kier alpha value is -0.570. The Morgan fingerprint density at radius 2 is 2.31 bits per heavy atom. The van der Waals surface area contributed by atoms with Crippen molar-refractivity contribution in [2.45, 2.75) is 26.7 Å². The summed E-state index contributed by atoms with van der Waals surface area (Å²) in [6.45, 7) is 5.46. The van der Waals surface area contributed by atoms with Gasteiger partial charge in [-0.3, -0.25) is 4.79 Å². The Kier molecular flexibility index (Phi) is 3.31. The molecule has 1 amide bonds. The molecule has 0 spiro atoms. The van der Waals surface area contributed by atoms with Gasteiger partial charge in [-0.25, -0.2) is 0 Å². The third-order valence-electron chi connectivity index (χ3n) is 3.02. The van der Waals surface area contributed by atoms with Crippen LogP contribution in [0.1, 0.15) is 26.7 Å². The van der Waals surface area contributed by atoms with E-state index in [1.165, 1.54) is 0 Å². The van der Waals surface area contributed by atoms with Crippen LogP contribution in [-0.4, -0.2) is 26.2 Å². The maximum atomic E-state index is 11.7. The molecule has 0 radical (unpaired) electrons. The highest BCUT2D eigenvalue weighted by Gasteiger charge is 2.57. The number of carbonyl (C=O) groups is 1. The molecule has 1 rings (SSSR count). The maximum absolute atomic E-state index is 11.7. The molecule has 1 aliphatic carbocycles. The van der Waals surface area contributed by atoms with Gasteiger partial charge in [0.15, 0.2) is 0 Å². The molecule has 2 atom stereocenters. The van der Waals surface area contributed by atoms with Crippen LogP contribution in [0, 0.1) is 11.3 Å². The average Bonchev–Trinajstić information content (AvgIpc) is 2.81. The molecule has 0 aliphatic heterocycles. The zero-order valence-corrected chi connectivity index (χ0v) is 8.72. The Labute approximate surface area is 79.8 Å². The van der Waals surface area contributed by atoms with E-state index in [2.05, 4.69) is 12.2 Å². The van der Waals surface area contributed by atoms with Gasteiger partial charge >= 0.3 is 0 Å². The Balaban J connectivity index is 2.49. The normalized spacial score (nSPS) is 31.5. The van der Waals surface area contributed by atoms with Crippen LogP contribution in [0.2, 0.25) is 0 Å². The molecule has 76 valence electrons. The minimum atomic E-state index is -0.105. The van der Waals surface area contributed by atoms with Gasteiger partial charge in [-0.05, 0) is 25.7 Å². The molecule has 13 heavy (non-hydrogen) atoms. The lowest BCUT2D eigenvalue weighted by Crippen LogP contribution is -2.33. The number of carbonyl (C=O) groups excluding carboxylic acids is 1. The van der Waals surface area contributed by atoms with Gasteiger partial charge in [-0.1, -0.05) is 6.92 Å². The molecule has 1 fully saturated rings. The fraction of sp³-hybridized carbons (Fsp3) is 0.900. The van der Waals surface area contributed by atoms with Crippen LogP contribution >= 0.6 is 0 Å². The molecule has 0 unspecified atom stereocenters. The van der Waals surface area contributed by atoms with Crippen molar-refractivity contribution >= 4 is 5.91 Å². The van der Waals surface area contributed by atoms with Crippen LogP contribution in [-0.2, 0) is 9.53 Å². The van der Waals surface area contributed by atoms with Gasteiger partial charge in [0.1, 0.15) is 0 Å². The second-order valence-electron chi connectivity index (χ2n) is 3.73. The summed E-state index contributed by atoms with van der Waals surface area (Å²) in [5.74, 6) is 0.647. The van der Waals surface area contributed by atoms with E-state index in [0.29, 0.717) is 12.5 Å². The van der Waals surface area contributed by atoms with Crippen molar-refractivity contribution in [2.75, 3.05) is 20.3 Å². The molecule has 0 aromatic carbocycles. The highest BCUT2D eigenvalue weighted by molar-refractivity contribution is 5.85. The second kappa shape index (κ2) is 4.09. The highest BCUT2D eigenvalue weighted by Crippen LogP contribution is 2.55. The summed E-state index contributed by atoms with van der Waals surface area (Å²) in [7, 11) is 1.69. The van der Waals surface area contributed by atoms with E-state index in [4.69, 9.17) is 4.74 Å². The largest absolute Gasteiger partial charge is 0.384 e. The van der Waals surface area contributed by atoms with Crippen molar-refractivity contribution in [1.82, 2.24) is 5.32 Å². The van der Waals surface area contributed by atoms with Crippen molar-refractivity contribution in [1.29, 1.82) is 0 Å². The predicted molar refractivity (Wildman–Crippen MR) is 51.4 cm³/mol. The Morgan fingerprint density at radius 1 is 1.62 bits per heavy atom. The van der Waals surface area contributed by atoms with Gasteiger partial charge in [-0.15, -0.1) is 0 Å². The first-order chi connectivity index (χ1) is 6.21. The topological polar surface area (TPSA) is 38.3 Å². The number of nitrogens with one attached hydrogen (secondary N) is 1. The molecule has 0 bridgehead atoms. The molecule has 0 aromatic heterocycles. The van der Waals surface area contributed by atoms with Crippen LogP contribution in [0.3, 0.4) is 0 Å². The van der Waals surface area contributed by atoms with Crippen LogP contribution in [0.25, 0.3) is 0 Å². The van der Waals surface area contributed by atoms with Gasteiger partial charge in [0.25, 0.3) is 0 Å². The number of amides is 1. The SMILES string of the molecule is CCNC(=O)[C@@]1(CC)C[C@@H]1COC. The van der Waals surface area contributed by atoms with Gasteiger partial charge in [0, 0.05) is 13.7 Å². The number of hydrogen-bond acceptors (Lipinski definition) is 2. The molecular weight excluding hydrogens is 166 g/mol. The van der Waals surface area contributed by atoms with Crippen molar-refractivity contribution in [2.24, 2.45) is 11.3 Å². The average molecular weight is 185 g/mol. The van der Waals surface area contributed by atoms with Crippen LogP contribution in [0.4, 0.5) is 0 Å². The van der Waals surface area contributed by atoms with Crippen LogP contribution in [0.15, 0.2) is 0 Å². The minimum Gasteiger partial charge on any atom is -0.384 e. The summed E-state index contributed by atoms with van der Waals surface area (Å²) in [6.07, 6.45) is 1.91. The third kappa shape index (κ3) is 1.85. The lowest BCUT2D eigenvalue weighted by Gasteiger charge is -2.13. The van der Waals surface area contributed by atoms with Crippen molar-refractivity contribution in [3.8, 4) is 0 Å². The number of ether oxygens (including phenoxy) is 1. The van der Waals surface area contributed by atoms with Gasteiger partial charge in [-0.2, -0.15) is 0 Å². The van der Waals surface area contributed by atoms with E-state index in [9.17, 15) is 4.79 Å². The zero-order chi connectivity index (χ0) is 9.90. The summed E-state index contributed by atoms with van der Waals surface area (Å²) in [5, 5.41) is 2.89. The highest BCUT2D eigenvalue weighted by atomic mass is 16.5. The molecule has 1 N–H and O–H groups in total. The summed E-state index contributed by atoms with van der Waals surface area (Å²) in [6, 6.07) is 0. The summed E-state index contributed by atoms with van der Waals surface area (Å²) in [4.78, 5) is 11.7. The summed E-state index contributed by atoms with van der Waals surface area (Å²) < 4.78 is 5.07. The van der Waals surface area contributed by atoms with E-state index in [1.807, 2.05) is 6.92 Å². The molecule has 3 heteroatoms. The van der Waals surface area contributed by atoms with E-state index in [1.54, 1.807) is 7.11 Å². The number of methoxy groups -OCH3 is 1. The van der Waals surface area contributed by atoms with Crippen LogP contribution < -0.4 is 5.32 Å². The first kappa shape index (κ1) is 10.5. The fourth-order valence-electron chi connectivity index (χ4n) is 2.01. The molecule has 0 heterocycles. The first-order valence-electron chi connectivity index (χ1n) is 4.98. The lowest BCUT2D eigenvalue weighted by molar-refractivity contribution is -0.127. The van der Waals surface area contributed by atoms with Crippen molar-refractivity contribution in [3.63, 3.8) is 0 Å². The molecule has 0 aromatic rings. The second-order valence-corrected chi connectivity index (χ2v) is 3.73. The van der Waals surface area contributed by atoms with E-state index >= 15 is 0 Å². The summed E-state index contributed by atoms with van der Waals surface area (Å²) in [5.41, 5.74) is -0.105. The number of rotatable bonds is 5. The van der Waals surface area contributed by atoms with Gasteiger partial charge in [0.05, 0.1) is 12.0 Å². The number of hydrogen-bond donors (Lipinski definition) is 1. The molecule has 1 aliphatic rings. The standard InChI is InChI=1S/C10H19NO2/c1-4-10(9(12)11-5-2)6-8(10)7-13-3/h8H,4-7H2,1-3H3,(H,11,12)/t8-,10+/m1/s1. The molecule has 1 saturated carbocycles.